The first-order chi connectivity index (χ1) is 11.7. The number of carbonyl (C=O) groups excluding carboxylic acids is 1. The van der Waals surface area contributed by atoms with E-state index in [1.807, 2.05) is 11.3 Å². The standard InChI is InChI=1S/C19H21N3OS/c20-12-16-3-1-4-17(11-16)19(23)21-13-15-6-8-22(9-7-15)14-18-5-2-10-24-18/h1-5,10-11,15H,6-9,13-14H2,(H,21,23). The fraction of sp³-hybridized carbons (Fsp3) is 0.368. The van der Waals surface area contributed by atoms with E-state index >= 15 is 0 Å². The van der Waals surface area contributed by atoms with Crippen molar-refractivity contribution >= 4 is 17.2 Å². The van der Waals surface area contributed by atoms with Gasteiger partial charge in [-0.05, 0) is 61.5 Å². The lowest BCUT2D eigenvalue weighted by atomic mass is 9.96. The molecule has 1 saturated heterocycles. The molecule has 0 bridgehead atoms. The Labute approximate surface area is 146 Å². The summed E-state index contributed by atoms with van der Waals surface area (Å²) >= 11 is 1.81. The van der Waals surface area contributed by atoms with Crippen LogP contribution in [0.3, 0.4) is 0 Å². The van der Waals surface area contributed by atoms with E-state index in [1.54, 1.807) is 24.3 Å². The predicted molar refractivity (Wildman–Crippen MR) is 95.8 cm³/mol. The summed E-state index contributed by atoms with van der Waals surface area (Å²) in [5.74, 6) is 0.445. The number of amides is 1. The number of nitrogens with one attached hydrogen (secondary N) is 1. The third-order valence-electron chi connectivity index (χ3n) is 4.47. The summed E-state index contributed by atoms with van der Waals surface area (Å²) in [6, 6.07) is 13.2. The lowest BCUT2D eigenvalue weighted by Gasteiger charge is -2.31. The highest BCUT2D eigenvalue weighted by molar-refractivity contribution is 7.09. The van der Waals surface area contributed by atoms with Crippen molar-refractivity contribution in [1.29, 1.82) is 5.26 Å². The summed E-state index contributed by atoms with van der Waals surface area (Å²) in [6.45, 7) is 3.92. The molecular weight excluding hydrogens is 318 g/mol. The van der Waals surface area contributed by atoms with Crippen molar-refractivity contribution < 1.29 is 4.79 Å². The van der Waals surface area contributed by atoms with Crippen LogP contribution in [0.2, 0.25) is 0 Å². The van der Waals surface area contributed by atoms with Gasteiger partial charge in [0.05, 0.1) is 11.6 Å². The van der Waals surface area contributed by atoms with Gasteiger partial charge in [-0.2, -0.15) is 5.26 Å². The molecule has 4 nitrogen and oxygen atoms in total. The second kappa shape index (κ2) is 8.09. The largest absolute Gasteiger partial charge is 0.352 e. The first-order valence-electron chi connectivity index (χ1n) is 8.27. The Balaban J connectivity index is 1.43. The topological polar surface area (TPSA) is 56.1 Å². The van der Waals surface area contributed by atoms with Crippen LogP contribution in [-0.4, -0.2) is 30.4 Å². The van der Waals surface area contributed by atoms with Crippen LogP contribution in [0.4, 0.5) is 0 Å². The van der Waals surface area contributed by atoms with Crippen LogP contribution >= 0.6 is 11.3 Å². The molecule has 1 aromatic heterocycles. The number of hydrogen-bond acceptors (Lipinski definition) is 4. The Morgan fingerprint density at radius 2 is 2.12 bits per heavy atom. The maximum absolute atomic E-state index is 12.2. The van der Waals surface area contributed by atoms with E-state index < -0.39 is 0 Å². The van der Waals surface area contributed by atoms with E-state index in [0.717, 1.165) is 32.5 Å². The smallest absolute Gasteiger partial charge is 0.251 e. The highest BCUT2D eigenvalue weighted by Crippen LogP contribution is 2.20. The average molecular weight is 339 g/mol. The molecule has 0 unspecified atom stereocenters. The number of rotatable bonds is 5. The van der Waals surface area contributed by atoms with E-state index in [4.69, 9.17) is 5.26 Å². The monoisotopic (exact) mass is 339 g/mol. The normalized spacial score (nSPS) is 15.8. The van der Waals surface area contributed by atoms with Gasteiger partial charge < -0.3 is 5.32 Å². The number of nitrogens with zero attached hydrogens (tertiary/aromatic N) is 2. The van der Waals surface area contributed by atoms with Gasteiger partial charge in [-0.1, -0.05) is 12.1 Å². The van der Waals surface area contributed by atoms with Crippen LogP contribution in [0.5, 0.6) is 0 Å². The van der Waals surface area contributed by atoms with Crippen LogP contribution in [0.15, 0.2) is 41.8 Å². The number of likely N-dealkylation sites (tertiary alicyclic amines) is 1. The molecule has 1 aliphatic heterocycles. The van der Waals surface area contributed by atoms with Crippen molar-refractivity contribution in [2.24, 2.45) is 5.92 Å². The van der Waals surface area contributed by atoms with Gasteiger partial charge >= 0.3 is 0 Å². The molecule has 2 heterocycles. The van der Waals surface area contributed by atoms with Crippen molar-refractivity contribution in [2.45, 2.75) is 19.4 Å². The molecule has 0 radical (unpaired) electrons. The van der Waals surface area contributed by atoms with Crippen LogP contribution < -0.4 is 5.32 Å². The zero-order chi connectivity index (χ0) is 16.8. The van der Waals surface area contributed by atoms with Crippen molar-refractivity contribution in [2.75, 3.05) is 19.6 Å². The quantitative estimate of drug-likeness (QED) is 0.910. The lowest BCUT2D eigenvalue weighted by Crippen LogP contribution is -2.38. The third kappa shape index (κ3) is 4.44. The third-order valence-corrected chi connectivity index (χ3v) is 5.33. The SMILES string of the molecule is N#Cc1cccc(C(=O)NCC2CCN(Cc3cccs3)CC2)c1. The first kappa shape index (κ1) is 16.7. The van der Waals surface area contributed by atoms with Gasteiger partial charge in [0.25, 0.3) is 5.91 Å². The molecular formula is C19H21N3OS. The predicted octanol–water partition coefficient (Wildman–Crippen LogP) is 3.26. The fourth-order valence-corrected chi connectivity index (χ4v) is 3.79. The molecule has 1 fully saturated rings. The van der Waals surface area contributed by atoms with Gasteiger partial charge in [-0.15, -0.1) is 11.3 Å². The van der Waals surface area contributed by atoms with Gasteiger partial charge in [-0.25, -0.2) is 0 Å². The number of hydrogen-bond donors (Lipinski definition) is 1. The Morgan fingerprint density at radius 3 is 2.83 bits per heavy atom. The van der Waals surface area contributed by atoms with Crippen LogP contribution in [0.25, 0.3) is 0 Å². The summed E-state index contributed by atoms with van der Waals surface area (Å²) in [4.78, 5) is 16.1. The van der Waals surface area contributed by atoms with Gasteiger partial charge in [0.15, 0.2) is 0 Å². The maximum atomic E-state index is 12.2. The molecule has 1 aliphatic rings. The van der Waals surface area contributed by atoms with Crippen LogP contribution in [0, 0.1) is 17.2 Å². The molecule has 5 heteroatoms. The summed E-state index contributed by atoms with van der Waals surface area (Å²) in [7, 11) is 0. The fourth-order valence-electron chi connectivity index (χ4n) is 3.04. The number of thiophene rings is 1. The Kier molecular flexibility index (Phi) is 5.63. The van der Waals surface area contributed by atoms with Crippen molar-refractivity contribution in [3.05, 3.63) is 57.8 Å². The Bertz CT molecular complexity index is 712. The van der Waals surface area contributed by atoms with Crippen LogP contribution in [-0.2, 0) is 6.54 Å². The highest BCUT2D eigenvalue weighted by atomic mass is 32.1. The first-order valence-corrected chi connectivity index (χ1v) is 9.15. The molecule has 1 aromatic carbocycles. The Morgan fingerprint density at radius 1 is 1.29 bits per heavy atom. The molecule has 0 aliphatic carbocycles. The number of nitriles is 1. The van der Waals surface area contributed by atoms with Gasteiger partial charge in [0, 0.05) is 23.5 Å². The van der Waals surface area contributed by atoms with Crippen LogP contribution in [0.1, 0.15) is 33.6 Å². The van der Waals surface area contributed by atoms with E-state index in [2.05, 4.69) is 33.8 Å². The maximum Gasteiger partial charge on any atom is 0.251 e. The molecule has 124 valence electrons. The second-order valence-electron chi connectivity index (χ2n) is 6.20. The number of carbonyl (C=O) groups is 1. The van der Waals surface area contributed by atoms with Gasteiger partial charge in [-0.3, -0.25) is 9.69 Å². The number of piperidine rings is 1. The average Bonchev–Trinajstić information content (AvgIpc) is 3.14. The second-order valence-corrected chi connectivity index (χ2v) is 7.23. The molecule has 1 amide bonds. The molecule has 3 rings (SSSR count). The number of benzene rings is 1. The molecule has 2 aromatic rings. The molecule has 0 saturated carbocycles. The minimum atomic E-state index is -0.0897. The van der Waals surface area contributed by atoms with Crippen molar-refractivity contribution in [3.63, 3.8) is 0 Å². The lowest BCUT2D eigenvalue weighted by molar-refractivity contribution is 0.0935. The zero-order valence-electron chi connectivity index (χ0n) is 13.6. The van der Waals surface area contributed by atoms with Gasteiger partial charge in [0.2, 0.25) is 0 Å². The summed E-state index contributed by atoms with van der Waals surface area (Å²) in [6.07, 6.45) is 2.23. The van der Waals surface area contributed by atoms with Crippen molar-refractivity contribution in [3.8, 4) is 6.07 Å². The summed E-state index contributed by atoms with van der Waals surface area (Å²) in [5, 5.41) is 14.0. The van der Waals surface area contributed by atoms with Crippen molar-refractivity contribution in [1.82, 2.24) is 10.2 Å². The van der Waals surface area contributed by atoms with E-state index in [0.29, 0.717) is 23.6 Å². The highest BCUT2D eigenvalue weighted by Gasteiger charge is 2.20. The molecule has 0 spiro atoms. The molecule has 0 atom stereocenters. The summed E-state index contributed by atoms with van der Waals surface area (Å²) in [5.41, 5.74) is 1.08. The molecule has 24 heavy (non-hydrogen) atoms. The van der Waals surface area contributed by atoms with Gasteiger partial charge in [0.1, 0.15) is 0 Å². The minimum absolute atomic E-state index is 0.0897. The summed E-state index contributed by atoms with van der Waals surface area (Å²) < 4.78 is 0. The molecule has 1 N–H and O–H groups in total. The van der Waals surface area contributed by atoms with E-state index in [9.17, 15) is 4.79 Å². The Hall–Kier alpha value is -2.16. The minimum Gasteiger partial charge on any atom is -0.352 e. The van der Waals surface area contributed by atoms with E-state index in [-0.39, 0.29) is 5.91 Å². The van der Waals surface area contributed by atoms with E-state index in [1.165, 1.54) is 4.88 Å². The zero-order valence-corrected chi connectivity index (χ0v) is 14.4.